The third-order valence-corrected chi connectivity index (χ3v) is 4.65. The molecule has 150 valence electrons. The number of nitrogens with zero attached hydrogens (tertiary/aromatic N) is 1. The first-order valence-corrected chi connectivity index (χ1v) is 9.83. The summed E-state index contributed by atoms with van der Waals surface area (Å²) in [5.74, 6) is 0.610. The number of rotatable bonds is 10. The molecule has 1 atom stereocenters. The van der Waals surface area contributed by atoms with Gasteiger partial charge in [-0.2, -0.15) is 0 Å². The highest BCUT2D eigenvalue weighted by atomic mass is 16.5. The molecule has 0 aliphatic carbocycles. The summed E-state index contributed by atoms with van der Waals surface area (Å²) in [6, 6.07) is 16.7. The molecule has 2 amide bonds. The maximum Gasteiger partial charge on any atom is 0.242 e. The minimum absolute atomic E-state index is 0.0551. The van der Waals surface area contributed by atoms with Crippen LogP contribution in [0.4, 0.5) is 0 Å². The van der Waals surface area contributed by atoms with Crippen molar-refractivity contribution in [1.29, 1.82) is 0 Å². The van der Waals surface area contributed by atoms with Crippen molar-refractivity contribution >= 4 is 11.8 Å². The van der Waals surface area contributed by atoms with E-state index in [1.165, 1.54) is 0 Å². The molecule has 0 heterocycles. The summed E-state index contributed by atoms with van der Waals surface area (Å²) in [4.78, 5) is 27.5. The Morgan fingerprint density at radius 3 is 2.25 bits per heavy atom. The molecular formula is C23H30N2O3. The number of amides is 2. The molecule has 0 saturated carbocycles. The Morgan fingerprint density at radius 1 is 1.00 bits per heavy atom. The molecule has 5 heteroatoms. The molecule has 0 saturated heterocycles. The number of methoxy groups -OCH3 is 1. The van der Waals surface area contributed by atoms with Crippen molar-refractivity contribution in [2.45, 2.75) is 45.7 Å². The van der Waals surface area contributed by atoms with Gasteiger partial charge in [0.25, 0.3) is 0 Å². The van der Waals surface area contributed by atoms with Gasteiger partial charge in [0.05, 0.1) is 13.5 Å². The number of benzene rings is 2. The number of carbonyl (C=O) groups is 2. The topological polar surface area (TPSA) is 58.6 Å². The first kappa shape index (κ1) is 21.5. The molecule has 0 unspecified atom stereocenters. The average Bonchev–Trinajstić information content (AvgIpc) is 2.73. The van der Waals surface area contributed by atoms with E-state index in [0.29, 0.717) is 19.5 Å². The van der Waals surface area contributed by atoms with Crippen LogP contribution in [0, 0.1) is 0 Å². The van der Waals surface area contributed by atoms with Crippen molar-refractivity contribution in [3.63, 3.8) is 0 Å². The second kappa shape index (κ2) is 11.1. The molecule has 1 N–H and O–H groups in total. The van der Waals surface area contributed by atoms with Gasteiger partial charge >= 0.3 is 0 Å². The minimum Gasteiger partial charge on any atom is -0.497 e. The van der Waals surface area contributed by atoms with Crippen LogP contribution in [0.2, 0.25) is 0 Å². The molecule has 0 aliphatic heterocycles. The zero-order chi connectivity index (χ0) is 20.4. The molecule has 2 aromatic rings. The third-order valence-electron chi connectivity index (χ3n) is 4.65. The van der Waals surface area contributed by atoms with Crippen LogP contribution in [0.3, 0.4) is 0 Å². The van der Waals surface area contributed by atoms with Gasteiger partial charge in [-0.15, -0.1) is 0 Å². The Morgan fingerprint density at radius 2 is 1.68 bits per heavy atom. The fraction of sp³-hybridized carbons (Fsp3) is 0.391. The van der Waals surface area contributed by atoms with Crippen LogP contribution in [-0.2, 0) is 22.6 Å². The summed E-state index contributed by atoms with van der Waals surface area (Å²) in [5, 5.41) is 2.93. The van der Waals surface area contributed by atoms with E-state index in [9.17, 15) is 9.59 Å². The first-order chi connectivity index (χ1) is 13.6. The number of ether oxygens (including phenoxy) is 1. The van der Waals surface area contributed by atoms with Crippen LogP contribution in [0.15, 0.2) is 54.6 Å². The van der Waals surface area contributed by atoms with E-state index in [1.807, 2.05) is 68.4 Å². The zero-order valence-corrected chi connectivity index (χ0v) is 17.0. The lowest BCUT2D eigenvalue weighted by Crippen LogP contribution is -2.49. The largest absolute Gasteiger partial charge is 0.497 e. The van der Waals surface area contributed by atoms with Crippen molar-refractivity contribution in [2.24, 2.45) is 0 Å². The number of hydrogen-bond donors (Lipinski definition) is 1. The van der Waals surface area contributed by atoms with Gasteiger partial charge in [-0.1, -0.05) is 56.3 Å². The summed E-state index contributed by atoms with van der Waals surface area (Å²) in [7, 11) is 1.62. The van der Waals surface area contributed by atoms with Crippen molar-refractivity contribution in [3.8, 4) is 5.75 Å². The molecule has 0 fully saturated rings. The maximum atomic E-state index is 13.1. The van der Waals surface area contributed by atoms with Gasteiger partial charge in [0.2, 0.25) is 11.8 Å². The van der Waals surface area contributed by atoms with Crippen molar-refractivity contribution in [1.82, 2.24) is 10.2 Å². The van der Waals surface area contributed by atoms with Crippen LogP contribution in [0.1, 0.15) is 37.8 Å². The normalized spacial score (nSPS) is 11.5. The predicted octanol–water partition coefficient (Wildman–Crippen LogP) is 3.57. The van der Waals surface area contributed by atoms with Crippen molar-refractivity contribution < 1.29 is 14.3 Å². The van der Waals surface area contributed by atoms with E-state index < -0.39 is 6.04 Å². The van der Waals surface area contributed by atoms with E-state index in [4.69, 9.17) is 4.74 Å². The lowest BCUT2D eigenvalue weighted by molar-refractivity contribution is -0.140. The lowest BCUT2D eigenvalue weighted by atomic mass is 10.1. The van der Waals surface area contributed by atoms with E-state index in [0.717, 1.165) is 23.3 Å². The molecule has 2 rings (SSSR count). The quantitative estimate of drug-likeness (QED) is 0.683. The summed E-state index contributed by atoms with van der Waals surface area (Å²) in [6.45, 7) is 4.94. The molecule has 0 bridgehead atoms. The van der Waals surface area contributed by atoms with E-state index in [1.54, 1.807) is 12.0 Å². The smallest absolute Gasteiger partial charge is 0.242 e. The Hall–Kier alpha value is -2.82. The molecule has 0 spiro atoms. The van der Waals surface area contributed by atoms with E-state index in [-0.39, 0.29) is 18.2 Å². The van der Waals surface area contributed by atoms with Crippen LogP contribution >= 0.6 is 0 Å². The van der Waals surface area contributed by atoms with Gasteiger partial charge in [-0.3, -0.25) is 9.59 Å². The standard InChI is InChI=1S/C23H30N2O3/c1-4-15-24-23(27)21(5-2)25(17-19-11-13-20(28-3)14-12-19)22(26)16-18-9-7-6-8-10-18/h6-14,21H,4-5,15-17H2,1-3H3,(H,24,27)/t21-/m0/s1. The van der Waals surface area contributed by atoms with Gasteiger partial charge in [0.1, 0.15) is 11.8 Å². The van der Waals surface area contributed by atoms with Crippen molar-refractivity contribution in [2.75, 3.05) is 13.7 Å². The number of nitrogens with one attached hydrogen (secondary N) is 1. The van der Waals surface area contributed by atoms with Crippen LogP contribution in [0.5, 0.6) is 5.75 Å². The van der Waals surface area contributed by atoms with Crippen LogP contribution in [-0.4, -0.2) is 36.4 Å². The van der Waals surface area contributed by atoms with Gasteiger partial charge in [0, 0.05) is 13.1 Å². The summed E-state index contributed by atoms with van der Waals surface area (Å²) < 4.78 is 5.21. The highest BCUT2D eigenvalue weighted by molar-refractivity contribution is 5.88. The Labute approximate surface area is 167 Å². The molecule has 28 heavy (non-hydrogen) atoms. The summed E-state index contributed by atoms with van der Waals surface area (Å²) >= 11 is 0. The zero-order valence-electron chi connectivity index (χ0n) is 17.0. The van der Waals surface area contributed by atoms with Crippen LogP contribution < -0.4 is 10.1 Å². The molecule has 0 radical (unpaired) electrons. The molecular weight excluding hydrogens is 352 g/mol. The maximum absolute atomic E-state index is 13.1. The SMILES string of the molecule is CCCNC(=O)[C@H](CC)N(Cc1ccc(OC)cc1)C(=O)Cc1ccccc1. The highest BCUT2D eigenvalue weighted by Gasteiger charge is 2.28. The molecule has 2 aromatic carbocycles. The van der Waals surface area contributed by atoms with E-state index in [2.05, 4.69) is 5.32 Å². The van der Waals surface area contributed by atoms with Gasteiger partial charge < -0.3 is 15.0 Å². The Kier molecular flexibility index (Phi) is 8.53. The Balaban J connectivity index is 2.23. The van der Waals surface area contributed by atoms with Gasteiger partial charge in [0.15, 0.2) is 0 Å². The molecule has 0 aliphatic rings. The lowest BCUT2D eigenvalue weighted by Gasteiger charge is -2.31. The fourth-order valence-electron chi connectivity index (χ4n) is 3.09. The second-order valence-electron chi connectivity index (χ2n) is 6.75. The molecule has 5 nitrogen and oxygen atoms in total. The second-order valence-corrected chi connectivity index (χ2v) is 6.75. The van der Waals surface area contributed by atoms with E-state index >= 15 is 0 Å². The number of hydrogen-bond acceptors (Lipinski definition) is 3. The monoisotopic (exact) mass is 382 g/mol. The average molecular weight is 383 g/mol. The molecule has 0 aromatic heterocycles. The highest BCUT2D eigenvalue weighted by Crippen LogP contribution is 2.17. The Bertz CT molecular complexity index is 744. The minimum atomic E-state index is -0.495. The summed E-state index contributed by atoms with van der Waals surface area (Å²) in [5.41, 5.74) is 1.90. The summed E-state index contributed by atoms with van der Waals surface area (Å²) in [6.07, 6.45) is 1.69. The fourth-order valence-corrected chi connectivity index (χ4v) is 3.09. The first-order valence-electron chi connectivity index (χ1n) is 9.83. The van der Waals surface area contributed by atoms with Crippen molar-refractivity contribution in [3.05, 3.63) is 65.7 Å². The predicted molar refractivity (Wildman–Crippen MR) is 111 cm³/mol. The van der Waals surface area contributed by atoms with Gasteiger partial charge in [-0.25, -0.2) is 0 Å². The van der Waals surface area contributed by atoms with Gasteiger partial charge in [-0.05, 0) is 36.1 Å². The number of carbonyl (C=O) groups excluding carboxylic acids is 2. The van der Waals surface area contributed by atoms with Crippen LogP contribution in [0.25, 0.3) is 0 Å². The third kappa shape index (κ3) is 6.12.